The minimum atomic E-state index is -0.0784. The molecule has 0 saturated carbocycles. The molecule has 5 heteroatoms. The molecule has 1 aromatic heterocycles. The van der Waals surface area contributed by atoms with E-state index < -0.39 is 0 Å². The summed E-state index contributed by atoms with van der Waals surface area (Å²) in [5, 5.41) is 2.62. The molecule has 0 unspecified atom stereocenters. The fraction of sp³-hybridized carbons (Fsp3) is 0.167. The van der Waals surface area contributed by atoms with E-state index in [9.17, 15) is 4.79 Å². The van der Waals surface area contributed by atoms with Crippen molar-refractivity contribution in [2.24, 2.45) is 0 Å². The Hall–Kier alpha value is -2.95. The summed E-state index contributed by atoms with van der Waals surface area (Å²) in [7, 11) is 3.61. The summed E-state index contributed by atoms with van der Waals surface area (Å²) in [6, 6.07) is 15.4. The van der Waals surface area contributed by atoms with Crippen LogP contribution in [0.2, 0.25) is 0 Å². The number of nitrogens with zero attached hydrogens (tertiary/aromatic N) is 3. The molecule has 0 radical (unpaired) electrons. The molecule has 23 heavy (non-hydrogen) atoms. The molecule has 3 rings (SSSR count). The highest BCUT2D eigenvalue weighted by molar-refractivity contribution is 5.93. The molecule has 0 saturated heterocycles. The van der Waals surface area contributed by atoms with Crippen LogP contribution >= 0.6 is 0 Å². The van der Waals surface area contributed by atoms with Crippen LogP contribution in [0.5, 0.6) is 0 Å². The van der Waals surface area contributed by atoms with Crippen LogP contribution in [0.3, 0.4) is 0 Å². The molecule has 3 aromatic rings. The van der Waals surface area contributed by atoms with E-state index in [0.29, 0.717) is 12.1 Å². The first-order valence-corrected chi connectivity index (χ1v) is 7.41. The SMILES string of the molecule is CNC(=O)c1ccc(CN(C)c2cnc3ccccc3n2)cc1. The Morgan fingerprint density at radius 1 is 1.09 bits per heavy atom. The lowest BCUT2D eigenvalue weighted by Crippen LogP contribution is -2.19. The van der Waals surface area contributed by atoms with E-state index in [2.05, 4.69) is 15.3 Å². The highest BCUT2D eigenvalue weighted by atomic mass is 16.1. The van der Waals surface area contributed by atoms with Crippen molar-refractivity contribution >= 4 is 22.8 Å². The summed E-state index contributed by atoms with van der Waals surface area (Å²) in [6.07, 6.45) is 1.78. The Balaban J connectivity index is 1.77. The molecular weight excluding hydrogens is 288 g/mol. The van der Waals surface area contributed by atoms with Crippen LogP contribution in [-0.4, -0.2) is 30.0 Å². The number of carbonyl (C=O) groups excluding carboxylic acids is 1. The third kappa shape index (κ3) is 3.29. The van der Waals surface area contributed by atoms with E-state index >= 15 is 0 Å². The van der Waals surface area contributed by atoms with Crippen molar-refractivity contribution in [1.82, 2.24) is 15.3 Å². The number of amides is 1. The number of nitrogens with one attached hydrogen (secondary N) is 1. The van der Waals surface area contributed by atoms with Crippen molar-refractivity contribution in [3.63, 3.8) is 0 Å². The quantitative estimate of drug-likeness (QED) is 0.805. The summed E-state index contributed by atoms with van der Waals surface area (Å²) >= 11 is 0. The first-order chi connectivity index (χ1) is 11.2. The third-order valence-electron chi connectivity index (χ3n) is 3.69. The average molecular weight is 306 g/mol. The van der Waals surface area contributed by atoms with Crippen LogP contribution in [0.15, 0.2) is 54.7 Å². The molecule has 1 N–H and O–H groups in total. The molecule has 0 atom stereocenters. The van der Waals surface area contributed by atoms with Gasteiger partial charge in [-0.3, -0.25) is 9.78 Å². The molecule has 5 nitrogen and oxygen atoms in total. The summed E-state index contributed by atoms with van der Waals surface area (Å²) in [4.78, 5) is 22.7. The van der Waals surface area contributed by atoms with Gasteiger partial charge in [0.05, 0.1) is 17.2 Å². The summed E-state index contributed by atoms with van der Waals surface area (Å²) in [5.74, 6) is 0.740. The average Bonchev–Trinajstić information content (AvgIpc) is 2.61. The van der Waals surface area contributed by atoms with E-state index in [4.69, 9.17) is 0 Å². The van der Waals surface area contributed by atoms with Crippen LogP contribution < -0.4 is 10.2 Å². The molecule has 116 valence electrons. The lowest BCUT2D eigenvalue weighted by atomic mass is 10.1. The number of fused-ring (bicyclic) bond motifs is 1. The van der Waals surface area contributed by atoms with Crippen LogP contribution in [0, 0.1) is 0 Å². The zero-order valence-electron chi connectivity index (χ0n) is 13.2. The van der Waals surface area contributed by atoms with Crippen molar-refractivity contribution in [1.29, 1.82) is 0 Å². The summed E-state index contributed by atoms with van der Waals surface area (Å²) in [6.45, 7) is 0.695. The minimum absolute atomic E-state index is 0.0784. The zero-order chi connectivity index (χ0) is 16.2. The maximum absolute atomic E-state index is 11.6. The lowest BCUT2D eigenvalue weighted by Gasteiger charge is -2.18. The predicted octanol–water partition coefficient (Wildman–Crippen LogP) is 2.63. The fourth-order valence-electron chi connectivity index (χ4n) is 2.39. The van der Waals surface area contributed by atoms with Crippen LogP contribution in [0.4, 0.5) is 5.82 Å². The lowest BCUT2D eigenvalue weighted by molar-refractivity contribution is 0.0963. The normalized spacial score (nSPS) is 10.5. The highest BCUT2D eigenvalue weighted by Gasteiger charge is 2.07. The Kier molecular flexibility index (Phi) is 4.19. The third-order valence-corrected chi connectivity index (χ3v) is 3.69. The molecule has 0 aliphatic carbocycles. The van der Waals surface area contributed by atoms with Crippen LogP contribution in [0.1, 0.15) is 15.9 Å². The Bertz CT molecular complexity index is 830. The molecule has 0 aliphatic rings. The van der Waals surface area contributed by atoms with E-state index in [-0.39, 0.29) is 5.91 Å². The standard InChI is InChI=1S/C18H18N4O/c1-19-18(23)14-9-7-13(8-10-14)12-22(2)17-11-20-15-5-3-4-6-16(15)21-17/h3-11H,12H2,1-2H3,(H,19,23). The van der Waals surface area contributed by atoms with Crippen LogP contribution in [-0.2, 0) is 6.54 Å². The van der Waals surface area contributed by atoms with Gasteiger partial charge in [0.1, 0.15) is 5.82 Å². The van der Waals surface area contributed by atoms with Gasteiger partial charge in [0.2, 0.25) is 0 Å². The molecule has 1 heterocycles. The number of hydrogen-bond acceptors (Lipinski definition) is 4. The number of anilines is 1. The van der Waals surface area contributed by atoms with E-state index in [1.807, 2.05) is 60.5 Å². The fourth-order valence-corrected chi connectivity index (χ4v) is 2.39. The van der Waals surface area contributed by atoms with Crippen molar-refractivity contribution in [3.05, 3.63) is 65.9 Å². The first kappa shape index (κ1) is 15.0. The molecule has 0 fully saturated rings. The van der Waals surface area contributed by atoms with Crippen LogP contribution in [0.25, 0.3) is 11.0 Å². The monoisotopic (exact) mass is 306 g/mol. The number of benzene rings is 2. The first-order valence-electron chi connectivity index (χ1n) is 7.41. The Labute approximate surface area is 135 Å². The molecule has 0 spiro atoms. The number of rotatable bonds is 4. The highest BCUT2D eigenvalue weighted by Crippen LogP contribution is 2.16. The molecule has 2 aromatic carbocycles. The summed E-state index contributed by atoms with van der Waals surface area (Å²) in [5.41, 5.74) is 3.53. The van der Waals surface area contributed by atoms with Gasteiger partial charge in [-0.05, 0) is 29.8 Å². The predicted molar refractivity (Wildman–Crippen MR) is 91.5 cm³/mol. The van der Waals surface area contributed by atoms with E-state index in [1.54, 1.807) is 13.2 Å². The van der Waals surface area contributed by atoms with E-state index in [0.717, 1.165) is 22.4 Å². The Morgan fingerprint density at radius 2 is 1.78 bits per heavy atom. The minimum Gasteiger partial charge on any atom is -0.355 e. The van der Waals surface area contributed by atoms with Gasteiger partial charge in [-0.15, -0.1) is 0 Å². The Morgan fingerprint density at radius 3 is 2.48 bits per heavy atom. The molecule has 1 amide bonds. The summed E-state index contributed by atoms with van der Waals surface area (Å²) < 4.78 is 0. The van der Waals surface area contributed by atoms with Gasteiger partial charge in [-0.1, -0.05) is 24.3 Å². The van der Waals surface area contributed by atoms with Gasteiger partial charge in [-0.2, -0.15) is 0 Å². The maximum atomic E-state index is 11.6. The maximum Gasteiger partial charge on any atom is 0.251 e. The van der Waals surface area contributed by atoms with Gasteiger partial charge in [0.25, 0.3) is 5.91 Å². The van der Waals surface area contributed by atoms with Crippen molar-refractivity contribution < 1.29 is 4.79 Å². The number of aromatic nitrogens is 2. The largest absolute Gasteiger partial charge is 0.355 e. The van der Waals surface area contributed by atoms with Crippen molar-refractivity contribution in [3.8, 4) is 0 Å². The topological polar surface area (TPSA) is 58.1 Å². The molecule has 0 aliphatic heterocycles. The number of para-hydroxylation sites is 2. The molecular formula is C18H18N4O. The second-order valence-electron chi connectivity index (χ2n) is 5.35. The van der Waals surface area contributed by atoms with Gasteiger partial charge in [-0.25, -0.2) is 4.98 Å². The number of carbonyl (C=O) groups is 1. The smallest absolute Gasteiger partial charge is 0.251 e. The van der Waals surface area contributed by atoms with Crippen molar-refractivity contribution in [2.45, 2.75) is 6.54 Å². The van der Waals surface area contributed by atoms with Gasteiger partial charge >= 0.3 is 0 Å². The number of hydrogen-bond donors (Lipinski definition) is 1. The van der Waals surface area contributed by atoms with Gasteiger partial charge < -0.3 is 10.2 Å². The second-order valence-corrected chi connectivity index (χ2v) is 5.35. The van der Waals surface area contributed by atoms with Crippen molar-refractivity contribution in [2.75, 3.05) is 19.0 Å². The van der Waals surface area contributed by atoms with E-state index in [1.165, 1.54) is 0 Å². The molecule has 0 bridgehead atoms. The van der Waals surface area contributed by atoms with Gasteiger partial charge in [0.15, 0.2) is 0 Å². The second kappa shape index (κ2) is 6.44. The zero-order valence-corrected chi connectivity index (χ0v) is 13.2. The van der Waals surface area contributed by atoms with Gasteiger partial charge in [0, 0.05) is 26.2 Å².